The van der Waals surface area contributed by atoms with E-state index < -0.39 is 21.8 Å². The van der Waals surface area contributed by atoms with Crippen molar-refractivity contribution in [2.24, 2.45) is 4.99 Å². The Bertz CT molecular complexity index is 352. The largest absolute Gasteiger partial charge is 1.00 e. The Hall–Kier alpha value is 0.120. The fourth-order valence-corrected chi connectivity index (χ4v) is 1.52. The van der Waals surface area contributed by atoms with Crippen LogP contribution >= 0.6 is 0 Å². The Morgan fingerprint density at radius 3 is 2.56 bits per heavy atom. The summed E-state index contributed by atoms with van der Waals surface area (Å²) >= 11 is 0. The molecule has 18 heavy (non-hydrogen) atoms. The molecule has 0 saturated carbocycles. The third-order valence-corrected chi connectivity index (χ3v) is 2.80. The van der Waals surface area contributed by atoms with Gasteiger partial charge >= 0.3 is 29.6 Å². The second-order valence-corrected chi connectivity index (χ2v) is 5.33. The van der Waals surface area contributed by atoms with Crippen LogP contribution in [0.5, 0.6) is 0 Å². The third kappa shape index (κ3) is 16.1. The van der Waals surface area contributed by atoms with Gasteiger partial charge in [0.2, 0.25) is 0 Å². The molecule has 100 valence electrons. The van der Waals surface area contributed by atoms with Crippen LogP contribution in [0.1, 0.15) is 39.0 Å². The van der Waals surface area contributed by atoms with Crippen molar-refractivity contribution in [1.82, 2.24) is 0 Å². The van der Waals surface area contributed by atoms with Crippen LogP contribution < -0.4 is 34.7 Å². The zero-order chi connectivity index (χ0) is 13.1. The maximum Gasteiger partial charge on any atom is 1.00 e. The molecule has 1 N–H and O–H groups in total. The average molecular weight is 285 g/mol. The van der Waals surface area contributed by atoms with Crippen LogP contribution in [0.4, 0.5) is 0 Å². The van der Waals surface area contributed by atoms with Crippen molar-refractivity contribution in [2.75, 3.05) is 12.3 Å². The normalized spacial score (nSPS) is 12.7. The summed E-state index contributed by atoms with van der Waals surface area (Å²) in [7, 11) is -4.03. The summed E-state index contributed by atoms with van der Waals surface area (Å²) in [4.78, 5) is 3.48. The SMILES string of the molecule is CCCCCC/C=C/C([O-])=NCCS(=O)(=O)O.[Na+]. The standard InChI is InChI=1S/C11H21NO4S.Na/c1-2-3-4-5-6-7-8-11(13)12-9-10-17(14,15)16;/h7-8H,2-6,9-10H2,1H3,(H,12,13)(H,14,15,16);/q;+1/p-1/b8-7+;. The fraction of sp³-hybridized carbons (Fsp3) is 0.727. The number of aliphatic imine (C=N–C) groups is 1. The van der Waals surface area contributed by atoms with Crippen molar-refractivity contribution in [2.45, 2.75) is 39.0 Å². The first kappa shape index (κ1) is 20.4. The molecule has 0 atom stereocenters. The molecule has 0 aliphatic heterocycles. The molecule has 0 fully saturated rings. The van der Waals surface area contributed by atoms with E-state index in [1.165, 1.54) is 18.9 Å². The average Bonchev–Trinajstić information content (AvgIpc) is 2.21. The zero-order valence-electron chi connectivity index (χ0n) is 11.1. The number of nitrogens with zero attached hydrogens (tertiary/aromatic N) is 1. The molecule has 0 amide bonds. The van der Waals surface area contributed by atoms with Gasteiger partial charge in [0.25, 0.3) is 10.1 Å². The summed E-state index contributed by atoms with van der Waals surface area (Å²) in [5, 5.41) is 11.1. The maximum absolute atomic E-state index is 11.1. The van der Waals surface area contributed by atoms with Gasteiger partial charge < -0.3 is 5.11 Å². The summed E-state index contributed by atoms with van der Waals surface area (Å²) in [5.74, 6) is -0.965. The maximum atomic E-state index is 11.1. The van der Waals surface area contributed by atoms with Crippen molar-refractivity contribution in [1.29, 1.82) is 0 Å². The Morgan fingerprint density at radius 2 is 2.00 bits per heavy atom. The number of unbranched alkanes of at least 4 members (excludes halogenated alkanes) is 4. The van der Waals surface area contributed by atoms with Crippen molar-refractivity contribution in [3.63, 3.8) is 0 Å². The summed E-state index contributed by atoms with van der Waals surface area (Å²) in [6.07, 6.45) is 8.48. The summed E-state index contributed by atoms with van der Waals surface area (Å²) < 4.78 is 29.1. The first-order valence-electron chi connectivity index (χ1n) is 5.79. The summed E-state index contributed by atoms with van der Waals surface area (Å²) in [6, 6.07) is 0. The number of rotatable bonds is 9. The van der Waals surface area contributed by atoms with Gasteiger partial charge in [-0.15, -0.1) is 0 Å². The first-order valence-corrected chi connectivity index (χ1v) is 7.40. The van der Waals surface area contributed by atoms with Gasteiger partial charge in [-0.05, 0) is 18.7 Å². The number of allylic oxidation sites excluding steroid dienone is 1. The fourth-order valence-electron chi connectivity index (χ4n) is 1.20. The topological polar surface area (TPSA) is 89.8 Å². The van der Waals surface area contributed by atoms with E-state index in [-0.39, 0.29) is 36.1 Å². The summed E-state index contributed by atoms with van der Waals surface area (Å²) in [5.41, 5.74) is 0. The Morgan fingerprint density at radius 1 is 1.33 bits per heavy atom. The molecule has 0 rings (SSSR count). The van der Waals surface area contributed by atoms with Crippen LogP contribution in [0.15, 0.2) is 17.1 Å². The molecule has 7 heteroatoms. The molecule has 0 unspecified atom stereocenters. The number of hydrogen-bond donors (Lipinski definition) is 1. The van der Waals surface area contributed by atoms with Gasteiger partial charge in [0.05, 0.1) is 12.3 Å². The Kier molecular flexibility index (Phi) is 13.8. The molecule has 0 aromatic rings. The predicted molar refractivity (Wildman–Crippen MR) is 66.6 cm³/mol. The van der Waals surface area contributed by atoms with E-state index in [2.05, 4.69) is 11.9 Å². The molecule has 5 nitrogen and oxygen atoms in total. The van der Waals surface area contributed by atoms with Crippen LogP contribution in [0.2, 0.25) is 0 Å². The van der Waals surface area contributed by atoms with Gasteiger partial charge in [-0.25, -0.2) is 0 Å². The van der Waals surface area contributed by atoms with E-state index in [1.54, 1.807) is 6.08 Å². The molecular weight excluding hydrogens is 265 g/mol. The smallest absolute Gasteiger partial charge is 0.859 e. The van der Waals surface area contributed by atoms with Crippen molar-refractivity contribution >= 4 is 16.0 Å². The molecule has 0 radical (unpaired) electrons. The molecule has 0 aromatic carbocycles. The molecule has 0 aromatic heterocycles. The van der Waals surface area contributed by atoms with Gasteiger partial charge in [-0.2, -0.15) is 8.42 Å². The van der Waals surface area contributed by atoms with Crippen molar-refractivity contribution in [3.05, 3.63) is 12.2 Å². The van der Waals surface area contributed by atoms with Gasteiger partial charge in [0.1, 0.15) is 0 Å². The van der Waals surface area contributed by atoms with Crippen LogP contribution in [0, 0.1) is 0 Å². The Balaban J connectivity index is 0. The minimum absolute atomic E-state index is 0. The second kappa shape index (κ2) is 12.2. The predicted octanol–water partition coefficient (Wildman–Crippen LogP) is -1.84. The molecule has 0 aliphatic carbocycles. The number of hydrogen-bond acceptors (Lipinski definition) is 4. The van der Waals surface area contributed by atoms with Crippen LogP contribution in [0.3, 0.4) is 0 Å². The molecule has 0 saturated heterocycles. The quantitative estimate of drug-likeness (QED) is 0.177. The van der Waals surface area contributed by atoms with E-state index in [4.69, 9.17) is 4.55 Å². The third-order valence-electron chi connectivity index (χ3n) is 2.10. The molecule has 0 bridgehead atoms. The zero-order valence-corrected chi connectivity index (χ0v) is 13.9. The second-order valence-electron chi connectivity index (χ2n) is 3.76. The van der Waals surface area contributed by atoms with E-state index in [1.807, 2.05) is 0 Å². The molecule has 0 aliphatic rings. The molecule has 0 heterocycles. The Labute approximate surface area is 131 Å². The van der Waals surface area contributed by atoms with Gasteiger partial charge in [0.15, 0.2) is 0 Å². The summed E-state index contributed by atoms with van der Waals surface area (Å²) in [6.45, 7) is 1.94. The van der Waals surface area contributed by atoms with E-state index >= 15 is 0 Å². The van der Waals surface area contributed by atoms with E-state index in [0.717, 1.165) is 19.3 Å². The van der Waals surface area contributed by atoms with E-state index in [0.29, 0.717) is 0 Å². The van der Waals surface area contributed by atoms with Gasteiger partial charge in [-0.1, -0.05) is 38.3 Å². The minimum atomic E-state index is -4.03. The van der Waals surface area contributed by atoms with E-state index in [9.17, 15) is 13.5 Å². The van der Waals surface area contributed by atoms with Crippen LogP contribution in [-0.4, -0.2) is 31.2 Å². The molecular formula is C11H20NNaO4S. The monoisotopic (exact) mass is 285 g/mol. The van der Waals surface area contributed by atoms with Gasteiger partial charge in [0, 0.05) is 0 Å². The van der Waals surface area contributed by atoms with Gasteiger partial charge in [-0.3, -0.25) is 9.55 Å². The molecule has 0 spiro atoms. The minimum Gasteiger partial charge on any atom is -0.859 e. The van der Waals surface area contributed by atoms with Crippen molar-refractivity contribution in [3.8, 4) is 0 Å². The van der Waals surface area contributed by atoms with Crippen LogP contribution in [0.25, 0.3) is 0 Å². The first-order chi connectivity index (χ1) is 7.95. The van der Waals surface area contributed by atoms with Crippen molar-refractivity contribution < 1.29 is 47.6 Å². The van der Waals surface area contributed by atoms with Crippen LogP contribution in [-0.2, 0) is 10.1 Å².